The maximum Gasteiger partial charge on any atom is 0.415 e. The summed E-state index contributed by atoms with van der Waals surface area (Å²) in [7, 11) is 0. The van der Waals surface area contributed by atoms with Gasteiger partial charge in [-0.05, 0) is 86.7 Å². The number of nitrogens with one attached hydrogen (secondary N) is 2. The molecule has 1 unspecified atom stereocenters. The molecular weight excluding hydrogens is 501 g/mol. The van der Waals surface area contributed by atoms with Crippen molar-refractivity contribution in [2.45, 2.75) is 64.6 Å². The Bertz CT molecular complexity index is 1200. The molecule has 1 atom stereocenters. The molecule has 5 nitrogen and oxygen atoms in total. The lowest BCUT2D eigenvalue weighted by Gasteiger charge is -2.28. The van der Waals surface area contributed by atoms with E-state index in [1.807, 2.05) is 32.0 Å². The van der Waals surface area contributed by atoms with Crippen LogP contribution in [-0.2, 0) is 4.79 Å². The SMILES string of the molecule is C=C(/C=C(\Nc1cccc(C#N)c1)C(=O)Nc1cccc(C(CCC2CC2)N2CCCC2)c1)C(F)(F)F.CC. The Balaban J connectivity index is 0.00000205. The summed E-state index contributed by atoms with van der Waals surface area (Å²) in [5.41, 5.74) is 0.747. The van der Waals surface area contributed by atoms with Crippen molar-refractivity contribution in [2.75, 3.05) is 23.7 Å². The molecule has 39 heavy (non-hydrogen) atoms. The summed E-state index contributed by atoms with van der Waals surface area (Å²) in [5, 5.41) is 14.6. The maximum atomic E-state index is 13.2. The van der Waals surface area contributed by atoms with Gasteiger partial charge in [-0.3, -0.25) is 9.69 Å². The lowest BCUT2D eigenvalue weighted by atomic mass is 9.98. The Hall–Kier alpha value is -3.57. The molecule has 0 aromatic heterocycles. The zero-order valence-corrected chi connectivity index (χ0v) is 22.7. The average Bonchev–Trinajstić information content (AvgIpc) is 3.60. The van der Waals surface area contributed by atoms with Crippen molar-refractivity contribution in [3.63, 3.8) is 0 Å². The first kappa shape index (κ1) is 30.0. The number of carbonyl (C=O) groups excluding carboxylic acids is 1. The molecule has 2 aromatic rings. The molecule has 2 aliphatic rings. The second-order valence-electron chi connectivity index (χ2n) is 9.76. The van der Waals surface area contributed by atoms with Crippen LogP contribution in [0.15, 0.2) is 72.5 Å². The van der Waals surface area contributed by atoms with Crippen LogP contribution in [0.5, 0.6) is 0 Å². The first-order chi connectivity index (χ1) is 18.7. The van der Waals surface area contributed by atoms with Crippen LogP contribution in [0.1, 0.15) is 69.5 Å². The van der Waals surface area contributed by atoms with Gasteiger partial charge in [-0.1, -0.05) is 51.5 Å². The van der Waals surface area contributed by atoms with Crippen LogP contribution in [0.25, 0.3) is 0 Å². The molecule has 1 heterocycles. The highest BCUT2D eigenvalue weighted by molar-refractivity contribution is 6.06. The summed E-state index contributed by atoms with van der Waals surface area (Å²) in [5.74, 6) is 0.0774. The number of alkyl halides is 3. The summed E-state index contributed by atoms with van der Waals surface area (Å²) in [6, 6.07) is 16.0. The summed E-state index contributed by atoms with van der Waals surface area (Å²) in [6.45, 7) is 9.16. The van der Waals surface area contributed by atoms with Crippen molar-refractivity contribution < 1.29 is 18.0 Å². The fraction of sp³-hybridized carbons (Fsp3) is 0.419. The largest absolute Gasteiger partial charge is 0.415 e. The van der Waals surface area contributed by atoms with Crippen LogP contribution in [0, 0.1) is 17.2 Å². The van der Waals surface area contributed by atoms with E-state index in [0.29, 0.717) is 23.0 Å². The maximum absolute atomic E-state index is 13.2. The van der Waals surface area contributed by atoms with Gasteiger partial charge in [0, 0.05) is 17.4 Å². The second kappa shape index (κ2) is 14.0. The van der Waals surface area contributed by atoms with Crippen molar-refractivity contribution in [3.8, 4) is 6.07 Å². The Morgan fingerprint density at radius 3 is 2.36 bits per heavy atom. The summed E-state index contributed by atoms with van der Waals surface area (Å²) < 4.78 is 39.7. The molecule has 2 aromatic carbocycles. The highest BCUT2D eigenvalue weighted by Gasteiger charge is 2.31. The predicted octanol–water partition coefficient (Wildman–Crippen LogP) is 7.96. The van der Waals surface area contributed by atoms with Gasteiger partial charge in [0.2, 0.25) is 0 Å². The molecule has 8 heteroatoms. The van der Waals surface area contributed by atoms with Crippen molar-refractivity contribution >= 4 is 17.3 Å². The van der Waals surface area contributed by atoms with Crippen molar-refractivity contribution in [2.24, 2.45) is 5.92 Å². The number of nitrogens with zero attached hydrogens (tertiary/aromatic N) is 2. The number of anilines is 2. The van der Waals surface area contributed by atoms with E-state index in [-0.39, 0.29) is 11.7 Å². The van der Waals surface area contributed by atoms with Crippen LogP contribution >= 0.6 is 0 Å². The number of halogens is 3. The first-order valence-electron chi connectivity index (χ1n) is 13.6. The van der Waals surface area contributed by atoms with Gasteiger partial charge < -0.3 is 10.6 Å². The van der Waals surface area contributed by atoms with E-state index < -0.39 is 17.7 Å². The lowest BCUT2D eigenvalue weighted by Crippen LogP contribution is -2.26. The van der Waals surface area contributed by atoms with Crippen molar-refractivity contribution in [1.82, 2.24) is 4.90 Å². The van der Waals surface area contributed by atoms with Gasteiger partial charge in [-0.25, -0.2) is 0 Å². The third kappa shape index (κ3) is 9.00. The predicted molar refractivity (Wildman–Crippen MR) is 150 cm³/mol. The van der Waals surface area contributed by atoms with Crippen LogP contribution in [0.3, 0.4) is 0 Å². The lowest BCUT2D eigenvalue weighted by molar-refractivity contribution is -0.112. The first-order valence-corrected chi connectivity index (χ1v) is 13.6. The average molecular weight is 539 g/mol. The van der Waals surface area contributed by atoms with Gasteiger partial charge in [-0.15, -0.1) is 0 Å². The smallest absolute Gasteiger partial charge is 0.351 e. The highest BCUT2D eigenvalue weighted by Crippen LogP contribution is 2.39. The fourth-order valence-corrected chi connectivity index (χ4v) is 4.67. The van der Waals surface area contributed by atoms with E-state index in [4.69, 9.17) is 5.26 Å². The van der Waals surface area contributed by atoms with Crippen molar-refractivity contribution in [1.29, 1.82) is 5.26 Å². The molecule has 0 radical (unpaired) electrons. The van der Waals surface area contributed by atoms with Gasteiger partial charge in [0.15, 0.2) is 0 Å². The van der Waals surface area contributed by atoms with Gasteiger partial charge >= 0.3 is 6.18 Å². The zero-order chi connectivity index (χ0) is 28.4. The van der Waals surface area contributed by atoms with Crippen LogP contribution in [0.4, 0.5) is 24.5 Å². The highest BCUT2D eigenvalue weighted by atomic mass is 19.4. The van der Waals surface area contributed by atoms with Crippen molar-refractivity contribution in [3.05, 3.63) is 83.6 Å². The molecule has 208 valence electrons. The minimum Gasteiger partial charge on any atom is -0.351 e. The molecule has 4 rings (SSSR count). The number of hydrogen-bond donors (Lipinski definition) is 2. The molecular formula is C31H37F3N4O. The molecule has 2 N–H and O–H groups in total. The molecule has 0 spiro atoms. The number of likely N-dealkylation sites (tertiary alicyclic amines) is 1. The molecule has 0 bridgehead atoms. The Kier molecular flexibility index (Phi) is 10.8. The molecule has 1 aliphatic carbocycles. The monoisotopic (exact) mass is 538 g/mol. The number of hydrogen-bond acceptors (Lipinski definition) is 4. The topological polar surface area (TPSA) is 68.2 Å². The zero-order valence-electron chi connectivity index (χ0n) is 22.7. The van der Waals surface area contributed by atoms with Crippen LogP contribution < -0.4 is 10.6 Å². The number of benzene rings is 2. The Labute approximate surface area is 229 Å². The Morgan fingerprint density at radius 2 is 1.74 bits per heavy atom. The van der Waals surface area contributed by atoms with E-state index in [0.717, 1.165) is 31.0 Å². The van der Waals surface area contributed by atoms with Gasteiger partial charge in [0.25, 0.3) is 5.91 Å². The number of amides is 1. The molecule has 1 saturated heterocycles. The normalized spacial score (nSPS) is 16.5. The summed E-state index contributed by atoms with van der Waals surface area (Å²) >= 11 is 0. The number of rotatable bonds is 10. The molecule has 1 aliphatic heterocycles. The van der Waals surface area contributed by atoms with Gasteiger partial charge in [-0.2, -0.15) is 18.4 Å². The molecule has 2 fully saturated rings. The van der Waals surface area contributed by atoms with Crippen LogP contribution in [0.2, 0.25) is 0 Å². The minimum absolute atomic E-state index is 0.256. The number of allylic oxidation sites excluding steroid dienone is 2. The molecule has 1 saturated carbocycles. The van der Waals surface area contributed by atoms with E-state index in [2.05, 4.69) is 28.2 Å². The third-order valence-corrected chi connectivity index (χ3v) is 6.85. The van der Waals surface area contributed by atoms with E-state index in [1.54, 1.807) is 24.3 Å². The van der Waals surface area contributed by atoms with E-state index >= 15 is 0 Å². The quantitative estimate of drug-likeness (QED) is 0.238. The number of nitriles is 1. The molecule has 1 amide bonds. The standard InChI is InChI=1S/C29H31F3N4O.C2H6/c1-20(29(30,31)32)16-26(34-24-8-4-6-22(17-24)19-33)28(37)35-25-9-5-7-23(18-25)27(13-12-21-10-11-21)36-14-2-3-15-36;1-2/h4-9,16-18,21,27,34H,1-3,10-15H2,(H,35,37);1-2H3/b26-16-;. The minimum atomic E-state index is -4.69. The summed E-state index contributed by atoms with van der Waals surface area (Å²) in [6.07, 6.45) is 3.16. The fourth-order valence-electron chi connectivity index (χ4n) is 4.67. The summed E-state index contributed by atoms with van der Waals surface area (Å²) in [4.78, 5) is 15.7. The number of carbonyl (C=O) groups is 1. The second-order valence-corrected chi connectivity index (χ2v) is 9.76. The third-order valence-electron chi connectivity index (χ3n) is 6.85. The van der Waals surface area contributed by atoms with Crippen LogP contribution in [-0.4, -0.2) is 30.1 Å². The van der Waals surface area contributed by atoms with E-state index in [1.165, 1.54) is 38.2 Å². The van der Waals surface area contributed by atoms with Gasteiger partial charge in [0.1, 0.15) is 5.70 Å². The van der Waals surface area contributed by atoms with Gasteiger partial charge in [0.05, 0.1) is 17.2 Å². The van der Waals surface area contributed by atoms with E-state index in [9.17, 15) is 18.0 Å². The Morgan fingerprint density at radius 1 is 1.10 bits per heavy atom.